The first-order valence-electron chi connectivity index (χ1n) is 3.58. The first-order chi connectivity index (χ1) is 5.58. The van der Waals surface area contributed by atoms with E-state index < -0.39 is 17.4 Å². The Hall–Kier alpha value is -1.50. The number of carbonyl (C=O) groups is 2. The Bertz CT molecular complexity index is 260. The number of nitrogens with one attached hydrogen (secondary N) is 1. The van der Waals surface area contributed by atoms with E-state index in [9.17, 15) is 9.59 Å². The fraction of sp³-hybridized carbons (Fsp3) is 0.500. The molecule has 1 aliphatic carbocycles. The van der Waals surface area contributed by atoms with Crippen molar-refractivity contribution < 1.29 is 14.7 Å². The summed E-state index contributed by atoms with van der Waals surface area (Å²) in [5.41, 5.74) is -0.546. The predicted molar refractivity (Wildman–Crippen MR) is 41.2 cm³/mol. The quantitative estimate of drug-likeness (QED) is 0.569. The number of hydrogen-bond donors (Lipinski definition) is 2. The number of aliphatic carboxylic acids is 1. The Morgan fingerprint density at radius 3 is 2.50 bits per heavy atom. The smallest absolute Gasteiger partial charge is 0.305 e. The molecule has 0 heterocycles. The van der Waals surface area contributed by atoms with Crippen molar-refractivity contribution in [3.63, 3.8) is 0 Å². The lowest BCUT2D eigenvalue weighted by atomic mass is 10.2. The monoisotopic (exact) mass is 167 g/mol. The molecule has 0 atom stereocenters. The minimum Gasteiger partial charge on any atom is -0.481 e. The summed E-state index contributed by atoms with van der Waals surface area (Å²) in [6.07, 6.45) is 6.19. The van der Waals surface area contributed by atoms with Crippen LogP contribution in [-0.4, -0.2) is 22.5 Å². The molecular weight excluding hydrogens is 158 g/mol. The number of terminal acetylenes is 1. The minimum atomic E-state index is -0.912. The third-order valence-electron chi connectivity index (χ3n) is 1.85. The Morgan fingerprint density at radius 2 is 2.17 bits per heavy atom. The van der Waals surface area contributed by atoms with Crippen LogP contribution < -0.4 is 5.32 Å². The normalized spacial score (nSPS) is 17.6. The summed E-state index contributed by atoms with van der Waals surface area (Å²) in [5, 5.41) is 11.0. The van der Waals surface area contributed by atoms with Crippen LogP contribution in [0.2, 0.25) is 0 Å². The number of rotatable bonds is 3. The van der Waals surface area contributed by atoms with Gasteiger partial charge in [0.2, 0.25) is 0 Å². The van der Waals surface area contributed by atoms with Gasteiger partial charge in [-0.3, -0.25) is 9.59 Å². The van der Waals surface area contributed by atoms with Gasteiger partial charge in [0.1, 0.15) is 0 Å². The number of carbonyl (C=O) groups excluding carboxylic acids is 1. The van der Waals surface area contributed by atoms with Crippen molar-refractivity contribution in [2.24, 2.45) is 0 Å². The molecule has 2 N–H and O–H groups in total. The maximum atomic E-state index is 10.7. The van der Waals surface area contributed by atoms with Gasteiger partial charge < -0.3 is 10.4 Å². The lowest BCUT2D eigenvalue weighted by Gasteiger charge is -2.11. The summed E-state index contributed by atoms with van der Waals surface area (Å²) in [6.45, 7) is 0. The zero-order valence-electron chi connectivity index (χ0n) is 6.46. The van der Waals surface area contributed by atoms with Gasteiger partial charge in [0.05, 0.1) is 12.0 Å². The highest BCUT2D eigenvalue weighted by Crippen LogP contribution is 2.38. The van der Waals surface area contributed by atoms with Gasteiger partial charge in [-0.25, -0.2) is 0 Å². The number of carboxylic acid groups (broad SMARTS) is 1. The van der Waals surface area contributed by atoms with Crippen LogP contribution in [-0.2, 0) is 9.59 Å². The molecule has 0 radical (unpaired) electrons. The van der Waals surface area contributed by atoms with Gasteiger partial charge in [-0.1, -0.05) is 0 Å². The molecule has 4 heteroatoms. The van der Waals surface area contributed by atoms with Crippen molar-refractivity contribution in [3.05, 3.63) is 0 Å². The molecule has 0 aromatic carbocycles. The second kappa shape index (κ2) is 2.86. The van der Waals surface area contributed by atoms with Crippen molar-refractivity contribution in [3.8, 4) is 12.3 Å². The summed E-state index contributed by atoms with van der Waals surface area (Å²) in [4.78, 5) is 21.0. The average molecular weight is 167 g/mol. The number of amides is 1. The van der Waals surface area contributed by atoms with E-state index in [0.717, 1.165) is 0 Å². The maximum Gasteiger partial charge on any atom is 0.305 e. The Labute approximate surface area is 70.0 Å². The average Bonchev–Trinajstić information content (AvgIpc) is 2.67. The second-order valence-electron chi connectivity index (χ2n) is 2.95. The van der Waals surface area contributed by atoms with Crippen LogP contribution in [0.1, 0.15) is 19.3 Å². The summed E-state index contributed by atoms with van der Waals surface area (Å²) in [7, 11) is 0. The van der Waals surface area contributed by atoms with E-state index in [0.29, 0.717) is 12.8 Å². The zero-order chi connectivity index (χ0) is 9.19. The third kappa shape index (κ3) is 1.99. The maximum absolute atomic E-state index is 10.7. The summed E-state index contributed by atoms with van der Waals surface area (Å²) in [6, 6.07) is 0. The molecule has 1 rings (SSSR count). The largest absolute Gasteiger partial charge is 0.481 e. The molecule has 1 fully saturated rings. The zero-order valence-corrected chi connectivity index (χ0v) is 6.46. The van der Waals surface area contributed by atoms with Crippen LogP contribution in [0.5, 0.6) is 0 Å². The fourth-order valence-electron chi connectivity index (χ4n) is 1.06. The summed E-state index contributed by atoms with van der Waals surface area (Å²) < 4.78 is 0. The second-order valence-corrected chi connectivity index (χ2v) is 2.95. The van der Waals surface area contributed by atoms with Crippen LogP contribution in [0.3, 0.4) is 0 Å². The molecule has 4 nitrogen and oxygen atoms in total. The highest BCUT2D eigenvalue weighted by atomic mass is 16.4. The van der Waals surface area contributed by atoms with Crippen LogP contribution in [0.25, 0.3) is 0 Å². The van der Waals surface area contributed by atoms with Crippen molar-refractivity contribution in [1.82, 2.24) is 5.32 Å². The topological polar surface area (TPSA) is 66.4 Å². The molecule has 0 aliphatic heterocycles. The van der Waals surface area contributed by atoms with Crippen LogP contribution in [0, 0.1) is 12.3 Å². The lowest BCUT2D eigenvalue weighted by Crippen LogP contribution is -2.37. The predicted octanol–water partition coefficient (Wildman–Crippen LogP) is -0.257. The SMILES string of the molecule is C#CC(=O)NC1(CC(=O)O)CC1. The summed E-state index contributed by atoms with van der Waals surface area (Å²) in [5.74, 6) is 0.446. The first kappa shape index (κ1) is 8.60. The standard InChI is InChI=1S/C8H9NO3/c1-2-6(10)9-8(3-4-8)5-7(11)12/h1H,3-5H2,(H,9,10)(H,11,12). The van der Waals surface area contributed by atoms with Gasteiger partial charge in [-0.05, 0) is 18.8 Å². The first-order valence-corrected chi connectivity index (χ1v) is 3.58. The van der Waals surface area contributed by atoms with E-state index in [2.05, 4.69) is 5.32 Å². The molecule has 64 valence electrons. The Balaban J connectivity index is 2.46. The van der Waals surface area contributed by atoms with E-state index in [1.54, 1.807) is 0 Å². The number of carboxylic acids is 1. The van der Waals surface area contributed by atoms with Crippen LogP contribution in [0.4, 0.5) is 0 Å². The van der Waals surface area contributed by atoms with Gasteiger partial charge in [-0.2, -0.15) is 0 Å². The third-order valence-corrected chi connectivity index (χ3v) is 1.85. The molecule has 1 aliphatic rings. The van der Waals surface area contributed by atoms with Crippen LogP contribution in [0.15, 0.2) is 0 Å². The van der Waals surface area contributed by atoms with Gasteiger partial charge in [-0.15, -0.1) is 6.42 Å². The summed E-state index contributed by atoms with van der Waals surface area (Å²) >= 11 is 0. The van der Waals surface area contributed by atoms with E-state index >= 15 is 0 Å². The molecule has 0 unspecified atom stereocenters. The van der Waals surface area contributed by atoms with Gasteiger partial charge >= 0.3 is 5.97 Å². The van der Waals surface area contributed by atoms with Gasteiger partial charge in [0.25, 0.3) is 5.91 Å². The van der Waals surface area contributed by atoms with Crippen molar-refractivity contribution in [1.29, 1.82) is 0 Å². The van der Waals surface area contributed by atoms with E-state index in [4.69, 9.17) is 11.5 Å². The molecule has 0 bridgehead atoms. The highest BCUT2D eigenvalue weighted by molar-refractivity contribution is 5.94. The molecule has 1 saturated carbocycles. The highest BCUT2D eigenvalue weighted by Gasteiger charge is 2.45. The molecule has 1 amide bonds. The molecule has 0 spiro atoms. The molecule has 0 aromatic heterocycles. The van der Waals surface area contributed by atoms with Crippen molar-refractivity contribution >= 4 is 11.9 Å². The van der Waals surface area contributed by atoms with Crippen molar-refractivity contribution in [2.45, 2.75) is 24.8 Å². The number of hydrogen-bond acceptors (Lipinski definition) is 2. The van der Waals surface area contributed by atoms with Crippen LogP contribution >= 0.6 is 0 Å². The molecule has 12 heavy (non-hydrogen) atoms. The van der Waals surface area contributed by atoms with Gasteiger partial charge in [0.15, 0.2) is 0 Å². The lowest BCUT2D eigenvalue weighted by molar-refractivity contribution is -0.137. The van der Waals surface area contributed by atoms with E-state index in [-0.39, 0.29) is 6.42 Å². The fourth-order valence-corrected chi connectivity index (χ4v) is 1.06. The van der Waals surface area contributed by atoms with Crippen molar-refractivity contribution in [2.75, 3.05) is 0 Å². The van der Waals surface area contributed by atoms with E-state index in [1.165, 1.54) is 0 Å². The van der Waals surface area contributed by atoms with E-state index in [1.807, 2.05) is 5.92 Å². The Kier molecular flexibility index (Phi) is 2.05. The molecular formula is C8H9NO3. The minimum absolute atomic E-state index is 0.0413. The molecule has 0 saturated heterocycles. The van der Waals surface area contributed by atoms with Gasteiger partial charge in [0, 0.05) is 0 Å². The molecule has 0 aromatic rings. The Morgan fingerprint density at radius 1 is 1.58 bits per heavy atom.